The third-order valence-electron chi connectivity index (χ3n) is 3.14. The van der Waals surface area contributed by atoms with Gasteiger partial charge in [0.15, 0.2) is 0 Å². The van der Waals surface area contributed by atoms with Crippen LogP contribution in [0.25, 0.3) is 0 Å². The minimum absolute atomic E-state index is 0.280. The number of ether oxygens (including phenoxy) is 1. The first-order valence-electron chi connectivity index (χ1n) is 6.92. The van der Waals surface area contributed by atoms with Gasteiger partial charge in [-0.2, -0.15) is 0 Å². The van der Waals surface area contributed by atoms with Crippen molar-refractivity contribution in [2.45, 2.75) is 25.8 Å². The number of hydrogen-bond acceptors (Lipinski definition) is 2. The molecule has 0 aliphatic rings. The second-order valence-electron chi connectivity index (χ2n) is 4.83. The van der Waals surface area contributed by atoms with Gasteiger partial charge < -0.3 is 10.5 Å². The molecule has 0 amide bonds. The molecular formula is C17H20FNO. The van der Waals surface area contributed by atoms with Gasteiger partial charge in [-0.05, 0) is 36.6 Å². The molecule has 2 nitrogen and oxygen atoms in total. The Labute approximate surface area is 119 Å². The maximum Gasteiger partial charge on any atom is 0.128 e. The number of halogens is 1. The van der Waals surface area contributed by atoms with Gasteiger partial charge in [-0.25, -0.2) is 4.39 Å². The van der Waals surface area contributed by atoms with E-state index in [4.69, 9.17) is 10.5 Å². The van der Waals surface area contributed by atoms with Gasteiger partial charge in [-0.1, -0.05) is 37.3 Å². The molecule has 106 valence electrons. The zero-order chi connectivity index (χ0) is 14.4. The number of benzene rings is 2. The van der Waals surface area contributed by atoms with Gasteiger partial charge in [-0.3, -0.25) is 0 Å². The molecule has 1 unspecified atom stereocenters. The summed E-state index contributed by atoms with van der Waals surface area (Å²) in [6.45, 7) is 2.66. The Balaban J connectivity index is 2.13. The molecule has 0 aliphatic carbocycles. The Hall–Kier alpha value is -1.87. The Morgan fingerprint density at radius 2 is 1.90 bits per heavy atom. The van der Waals surface area contributed by atoms with Crippen LogP contribution in [-0.2, 0) is 6.42 Å². The lowest BCUT2D eigenvalue weighted by molar-refractivity contribution is 0.316. The van der Waals surface area contributed by atoms with Crippen molar-refractivity contribution >= 4 is 0 Å². The fourth-order valence-corrected chi connectivity index (χ4v) is 2.09. The Morgan fingerprint density at radius 1 is 1.15 bits per heavy atom. The minimum Gasteiger partial charge on any atom is -0.494 e. The molecule has 20 heavy (non-hydrogen) atoms. The first-order valence-corrected chi connectivity index (χ1v) is 6.92. The van der Waals surface area contributed by atoms with E-state index < -0.39 is 0 Å². The van der Waals surface area contributed by atoms with Crippen molar-refractivity contribution in [3.8, 4) is 5.75 Å². The van der Waals surface area contributed by atoms with Crippen LogP contribution in [0.3, 0.4) is 0 Å². The van der Waals surface area contributed by atoms with Crippen LogP contribution in [0.15, 0.2) is 48.5 Å². The van der Waals surface area contributed by atoms with Crippen LogP contribution in [0.2, 0.25) is 0 Å². The molecule has 3 heteroatoms. The Kier molecular flexibility index (Phi) is 5.13. The first kappa shape index (κ1) is 14.5. The predicted molar refractivity (Wildman–Crippen MR) is 79.3 cm³/mol. The SMILES string of the molecule is CCCOc1ccc(F)c(C(N)Cc2ccccc2)c1. The summed E-state index contributed by atoms with van der Waals surface area (Å²) in [5.74, 6) is 0.393. The molecule has 0 aliphatic heterocycles. The topological polar surface area (TPSA) is 35.2 Å². The van der Waals surface area contributed by atoms with Crippen LogP contribution >= 0.6 is 0 Å². The van der Waals surface area contributed by atoms with Crippen LogP contribution in [0.4, 0.5) is 4.39 Å². The van der Waals surface area contributed by atoms with Crippen LogP contribution in [-0.4, -0.2) is 6.61 Å². The summed E-state index contributed by atoms with van der Waals surface area (Å²) in [6, 6.07) is 14.3. The van der Waals surface area contributed by atoms with Crippen LogP contribution in [0, 0.1) is 5.82 Å². The van der Waals surface area contributed by atoms with Gasteiger partial charge in [0, 0.05) is 11.6 Å². The molecule has 0 aromatic heterocycles. The molecule has 2 aromatic carbocycles. The molecular weight excluding hydrogens is 253 g/mol. The van der Waals surface area contributed by atoms with Gasteiger partial charge in [0.2, 0.25) is 0 Å². The average molecular weight is 273 g/mol. The highest BCUT2D eigenvalue weighted by molar-refractivity contribution is 5.33. The van der Waals surface area contributed by atoms with Crippen LogP contribution in [0.5, 0.6) is 5.75 Å². The highest BCUT2D eigenvalue weighted by atomic mass is 19.1. The highest BCUT2D eigenvalue weighted by Gasteiger charge is 2.13. The van der Waals surface area contributed by atoms with E-state index in [1.54, 1.807) is 12.1 Å². The summed E-state index contributed by atoms with van der Waals surface area (Å²) in [7, 11) is 0. The molecule has 0 saturated carbocycles. The maximum absolute atomic E-state index is 13.9. The van der Waals surface area contributed by atoms with Gasteiger partial charge >= 0.3 is 0 Å². The average Bonchev–Trinajstić information content (AvgIpc) is 2.47. The minimum atomic E-state index is -0.373. The van der Waals surface area contributed by atoms with Crippen molar-refractivity contribution in [1.29, 1.82) is 0 Å². The van der Waals surface area contributed by atoms with Gasteiger partial charge in [-0.15, -0.1) is 0 Å². The molecule has 1 atom stereocenters. The Morgan fingerprint density at radius 3 is 2.60 bits per heavy atom. The number of hydrogen-bond donors (Lipinski definition) is 1. The van der Waals surface area contributed by atoms with Crippen molar-refractivity contribution in [2.24, 2.45) is 5.73 Å². The normalized spacial score (nSPS) is 12.2. The summed E-state index contributed by atoms with van der Waals surface area (Å²) in [5.41, 5.74) is 7.73. The summed E-state index contributed by atoms with van der Waals surface area (Å²) < 4.78 is 19.4. The molecule has 2 rings (SSSR count). The molecule has 0 fully saturated rings. The number of nitrogens with two attached hydrogens (primary N) is 1. The van der Waals surface area contributed by atoms with Crippen molar-refractivity contribution in [2.75, 3.05) is 6.61 Å². The van der Waals surface area contributed by atoms with Crippen molar-refractivity contribution in [3.63, 3.8) is 0 Å². The number of rotatable bonds is 6. The summed E-state index contributed by atoms with van der Waals surface area (Å²) in [5, 5.41) is 0. The van der Waals surface area contributed by atoms with E-state index >= 15 is 0 Å². The van der Waals surface area contributed by atoms with E-state index in [0.29, 0.717) is 24.3 Å². The van der Waals surface area contributed by atoms with E-state index in [9.17, 15) is 4.39 Å². The van der Waals surface area contributed by atoms with E-state index in [0.717, 1.165) is 12.0 Å². The monoisotopic (exact) mass is 273 g/mol. The molecule has 2 N–H and O–H groups in total. The molecule has 2 aromatic rings. The molecule has 0 saturated heterocycles. The maximum atomic E-state index is 13.9. The lowest BCUT2D eigenvalue weighted by Gasteiger charge is -2.15. The van der Waals surface area contributed by atoms with Gasteiger partial charge in [0.25, 0.3) is 0 Å². The lowest BCUT2D eigenvalue weighted by Crippen LogP contribution is -2.15. The van der Waals surface area contributed by atoms with E-state index in [-0.39, 0.29) is 11.9 Å². The summed E-state index contributed by atoms with van der Waals surface area (Å²) in [4.78, 5) is 0. The van der Waals surface area contributed by atoms with Crippen molar-refractivity contribution < 1.29 is 9.13 Å². The van der Waals surface area contributed by atoms with Gasteiger partial charge in [0.1, 0.15) is 11.6 Å². The molecule has 0 radical (unpaired) electrons. The predicted octanol–water partition coefficient (Wildman–Crippen LogP) is 3.86. The quantitative estimate of drug-likeness (QED) is 0.867. The third-order valence-corrected chi connectivity index (χ3v) is 3.14. The molecule has 0 bridgehead atoms. The second-order valence-corrected chi connectivity index (χ2v) is 4.83. The fourth-order valence-electron chi connectivity index (χ4n) is 2.09. The van der Waals surface area contributed by atoms with Crippen LogP contribution < -0.4 is 10.5 Å². The van der Waals surface area contributed by atoms with E-state index in [1.807, 2.05) is 37.3 Å². The standard InChI is InChI=1S/C17H20FNO/c1-2-10-20-14-8-9-16(18)15(12-14)17(19)11-13-6-4-3-5-7-13/h3-9,12,17H,2,10-11,19H2,1H3. The van der Waals surface area contributed by atoms with Crippen molar-refractivity contribution in [1.82, 2.24) is 0 Å². The van der Waals surface area contributed by atoms with E-state index in [1.165, 1.54) is 6.07 Å². The van der Waals surface area contributed by atoms with E-state index in [2.05, 4.69) is 0 Å². The molecule has 0 heterocycles. The zero-order valence-electron chi connectivity index (χ0n) is 11.7. The summed E-state index contributed by atoms with van der Waals surface area (Å²) in [6.07, 6.45) is 1.53. The third kappa shape index (κ3) is 3.81. The molecule has 0 spiro atoms. The zero-order valence-corrected chi connectivity index (χ0v) is 11.7. The second kappa shape index (κ2) is 7.06. The van der Waals surface area contributed by atoms with Crippen molar-refractivity contribution in [3.05, 3.63) is 65.5 Å². The lowest BCUT2D eigenvalue weighted by atomic mass is 9.99. The Bertz CT molecular complexity index is 542. The van der Waals surface area contributed by atoms with Crippen LogP contribution in [0.1, 0.15) is 30.5 Å². The smallest absolute Gasteiger partial charge is 0.128 e. The largest absolute Gasteiger partial charge is 0.494 e. The summed E-state index contributed by atoms with van der Waals surface area (Å²) >= 11 is 0. The first-order chi connectivity index (χ1) is 9.70. The van der Waals surface area contributed by atoms with Gasteiger partial charge in [0.05, 0.1) is 6.61 Å². The highest BCUT2D eigenvalue weighted by Crippen LogP contribution is 2.24. The fraction of sp³-hybridized carbons (Fsp3) is 0.294.